The molecule has 5 heteroatoms. The van der Waals surface area contributed by atoms with Gasteiger partial charge in [-0.3, -0.25) is 0 Å². The van der Waals surface area contributed by atoms with Gasteiger partial charge >= 0.3 is 0 Å². The highest BCUT2D eigenvalue weighted by atomic mass is 16.5. The van der Waals surface area contributed by atoms with E-state index >= 15 is 0 Å². The van der Waals surface area contributed by atoms with E-state index in [9.17, 15) is 0 Å². The van der Waals surface area contributed by atoms with Gasteiger partial charge in [0.1, 0.15) is 23.1 Å². The maximum atomic E-state index is 6.21. The van der Waals surface area contributed by atoms with Crippen molar-refractivity contribution in [3.05, 3.63) is 97.0 Å². The molecule has 0 aliphatic rings. The molecule has 0 saturated heterocycles. The first kappa shape index (κ1) is 19.8. The average Bonchev–Trinajstić information content (AvgIpc) is 3.37. The molecule has 2 heterocycles. The van der Waals surface area contributed by atoms with Crippen LogP contribution in [-0.4, -0.2) is 19.1 Å². The van der Waals surface area contributed by atoms with E-state index in [1.807, 2.05) is 66.3 Å². The first-order valence-electron chi connectivity index (χ1n) is 10.5. The highest BCUT2D eigenvalue weighted by Gasteiger charge is 2.15. The Morgan fingerprint density at radius 2 is 1.34 bits per heavy atom. The van der Waals surface area contributed by atoms with E-state index in [0.29, 0.717) is 0 Å². The number of hydrogen-bond donors (Lipinski definition) is 0. The minimum Gasteiger partial charge on any atom is -0.457 e. The van der Waals surface area contributed by atoms with Crippen molar-refractivity contribution in [2.75, 3.05) is 0 Å². The zero-order valence-electron chi connectivity index (χ0n) is 18.4. The molecule has 0 N–H and O–H groups in total. The standard InChI is InChI=1S/C27H24N4O/c1-19-25(20-9-5-4-6-10-20)31(3)27(29-19)22-12-8-14-24(18-22)32-23-13-7-11-21(17-23)26-28-15-16-30(26)2/h4-18H,1-3H3. The van der Waals surface area contributed by atoms with Crippen LogP contribution in [0.2, 0.25) is 0 Å². The predicted molar refractivity (Wildman–Crippen MR) is 128 cm³/mol. The van der Waals surface area contributed by atoms with Gasteiger partial charge in [-0.05, 0) is 31.2 Å². The quantitative estimate of drug-likeness (QED) is 0.337. The number of aromatic nitrogens is 4. The van der Waals surface area contributed by atoms with E-state index in [1.54, 1.807) is 6.20 Å². The molecule has 5 rings (SSSR count). The summed E-state index contributed by atoms with van der Waals surface area (Å²) >= 11 is 0. The van der Waals surface area contributed by atoms with Crippen LogP contribution >= 0.6 is 0 Å². The molecular weight excluding hydrogens is 396 g/mol. The van der Waals surface area contributed by atoms with E-state index in [1.165, 1.54) is 0 Å². The molecule has 0 unspecified atom stereocenters. The SMILES string of the molecule is Cc1nc(-c2cccc(Oc3cccc(-c4nccn4C)c3)c2)n(C)c1-c1ccccc1. The maximum absolute atomic E-state index is 6.21. The molecule has 2 aromatic heterocycles. The zero-order chi connectivity index (χ0) is 22.1. The summed E-state index contributed by atoms with van der Waals surface area (Å²) in [7, 11) is 4.04. The number of rotatable bonds is 5. The van der Waals surface area contributed by atoms with Gasteiger partial charge in [0, 0.05) is 43.2 Å². The first-order chi connectivity index (χ1) is 15.6. The largest absolute Gasteiger partial charge is 0.457 e. The van der Waals surface area contributed by atoms with Crippen molar-refractivity contribution in [2.24, 2.45) is 14.1 Å². The van der Waals surface area contributed by atoms with Crippen molar-refractivity contribution in [2.45, 2.75) is 6.92 Å². The Morgan fingerprint density at radius 3 is 1.97 bits per heavy atom. The molecule has 0 bridgehead atoms. The van der Waals surface area contributed by atoms with Crippen LogP contribution in [0.25, 0.3) is 34.0 Å². The van der Waals surface area contributed by atoms with Gasteiger partial charge in [0.05, 0.1) is 11.4 Å². The summed E-state index contributed by atoms with van der Waals surface area (Å²) in [6.45, 7) is 2.05. The summed E-state index contributed by atoms with van der Waals surface area (Å²) in [6.07, 6.45) is 3.73. The van der Waals surface area contributed by atoms with E-state index < -0.39 is 0 Å². The van der Waals surface area contributed by atoms with Crippen molar-refractivity contribution < 1.29 is 4.74 Å². The van der Waals surface area contributed by atoms with E-state index in [2.05, 4.69) is 53.9 Å². The third-order valence-corrected chi connectivity index (χ3v) is 5.56. The lowest BCUT2D eigenvalue weighted by Crippen LogP contribution is -1.96. The highest BCUT2D eigenvalue weighted by molar-refractivity contribution is 5.69. The Kier molecular flexibility index (Phi) is 5.07. The van der Waals surface area contributed by atoms with Crippen LogP contribution in [0, 0.1) is 6.92 Å². The van der Waals surface area contributed by atoms with Gasteiger partial charge in [0.25, 0.3) is 0 Å². The number of hydrogen-bond acceptors (Lipinski definition) is 3. The fourth-order valence-corrected chi connectivity index (χ4v) is 4.07. The molecule has 0 saturated carbocycles. The molecule has 3 aromatic carbocycles. The molecule has 0 aliphatic heterocycles. The molecule has 5 nitrogen and oxygen atoms in total. The molecular formula is C27H24N4O. The summed E-state index contributed by atoms with van der Waals surface area (Å²) in [4.78, 5) is 9.29. The van der Waals surface area contributed by atoms with Gasteiger partial charge in [-0.15, -0.1) is 0 Å². The van der Waals surface area contributed by atoms with Crippen LogP contribution in [0.3, 0.4) is 0 Å². The summed E-state index contributed by atoms with van der Waals surface area (Å²) in [5.41, 5.74) is 5.30. The Hall–Kier alpha value is -4.12. The number of imidazole rings is 2. The molecule has 0 atom stereocenters. The van der Waals surface area contributed by atoms with Crippen LogP contribution in [0.15, 0.2) is 91.3 Å². The summed E-state index contributed by atoms with van der Waals surface area (Å²) < 4.78 is 10.3. The Balaban J connectivity index is 1.46. The second kappa shape index (κ2) is 8.19. The van der Waals surface area contributed by atoms with E-state index in [0.717, 1.165) is 51.2 Å². The van der Waals surface area contributed by atoms with Gasteiger partial charge in [0.15, 0.2) is 0 Å². The number of aryl methyl sites for hydroxylation is 2. The summed E-state index contributed by atoms with van der Waals surface area (Å²) in [6, 6.07) is 26.4. The summed E-state index contributed by atoms with van der Waals surface area (Å²) in [5.74, 6) is 3.35. The molecule has 0 spiro atoms. The molecule has 158 valence electrons. The van der Waals surface area contributed by atoms with Crippen LogP contribution < -0.4 is 4.74 Å². The van der Waals surface area contributed by atoms with Crippen LogP contribution in [0.4, 0.5) is 0 Å². The monoisotopic (exact) mass is 420 g/mol. The van der Waals surface area contributed by atoms with E-state index in [4.69, 9.17) is 9.72 Å². The topological polar surface area (TPSA) is 44.9 Å². The minimum atomic E-state index is 0.765. The number of ether oxygens (including phenoxy) is 1. The lowest BCUT2D eigenvalue weighted by Gasteiger charge is -2.10. The van der Waals surface area contributed by atoms with Gasteiger partial charge in [-0.2, -0.15) is 0 Å². The Labute approximate surface area is 187 Å². The zero-order valence-corrected chi connectivity index (χ0v) is 18.4. The van der Waals surface area contributed by atoms with Crippen molar-refractivity contribution in [3.63, 3.8) is 0 Å². The Morgan fingerprint density at radius 1 is 0.719 bits per heavy atom. The fraction of sp³-hybridized carbons (Fsp3) is 0.111. The first-order valence-corrected chi connectivity index (χ1v) is 10.5. The Bertz CT molecular complexity index is 1380. The van der Waals surface area contributed by atoms with Crippen LogP contribution in [0.5, 0.6) is 11.5 Å². The van der Waals surface area contributed by atoms with E-state index in [-0.39, 0.29) is 0 Å². The van der Waals surface area contributed by atoms with Gasteiger partial charge in [-0.1, -0.05) is 54.6 Å². The van der Waals surface area contributed by atoms with Gasteiger partial charge < -0.3 is 13.9 Å². The molecule has 5 aromatic rings. The second-order valence-electron chi connectivity index (χ2n) is 7.81. The van der Waals surface area contributed by atoms with Crippen LogP contribution in [0.1, 0.15) is 5.69 Å². The predicted octanol–water partition coefficient (Wildman–Crippen LogP) is 6.26. The average molecular weight is 421 g/mol. The maximum Gasteiger partial charge on any atom is 0.140 e. The smallest absolute Gasteiger partial charge is 0.140 e. The molecule has 32 heavy (non-hydrogen) atoms. The van der Waals surface area contributed by atoms with Crippen LogP contribution in [-0.2, 0) is 14.1 Å². The second-order valence-corrected chi connectivity index (χ2v) is 7.81. The lowest BCUT2D eigenvalue weighted by atomic mass is 10.1. The number of benzene rings is 3. The fourth-order valence-electron chi connectivity index (χ4n) is 4.07. The minimum absolute atomic E-state index is 0.765. The van der Waals surface area contributed by atoms with Gasteiger partial charge in [-0.25, -0.2) is 9.97 Å². The number of nitrogens with zero attached hydrogens (tertiary/aromatic N) is 4. The molecule has 0 radical (unpaired) electrons. The third-order valence-electron chi connectivity index (χ3n) is 5.56. The molecule has 0 amide bonds. The lowest BCUT2D eigenvalue weighted by molar-refractivity contribution is 0.483. The van der Waals surface area contributed by atoms with Crippen molar-refractivity contribution in [1.82, 2.24) is 19.1 Å². The van der Waals surface area contributed by atoms with Crippen molar-refractivity contribution in [1.29, 1.82) is 0 Å². The van der Waals surface area contributed by atoms with Crippen molar-refractivity contribution in [3.8, 4) is 45.5 Å². The normalized spacial score (nSPS) is 11.0. The summed E-state index contributed by atoms with van der Waals surface area (Å²) in [5, 5.41) is 0. The highest BCUT2D eigenvalue weighted by Crippen LogP contribution is 2.32. The molecule has 0 aliphatic carbocycles. The molecule has 0 fully saturated rings. The van der Waals surface area contributed by atoms with Gasteiger partial charge in [0.2, 0.25) is 0 Å². The third kappa shape index (κ3) is 3.69. The van der Waals surface area contributed by atoms with Crippen molar-refractivity contribution >= 4 is 0 Å².